The van der Waals surface area contributed by atoms with E-state index in [-0.39, 0.29) is 43.3 Å². The van der Waals surface area contributed by atoms with Gasteiger partial charge in [0.05, 0.1) is 35.8 Å². The van der Waals surface area contributed by atoms with E-state index in [0.29, 0.717) is 30.9 Å². The van der Waals surface area contributed by atoms with Crippen LogP contribution in [0, 0.1) is 31.6 Å². The van der Waals surface area contributed by atoms with Crippen molar-refractivity contribution in [2.24, 2.45) is 17.8 Å². The molecule has 9 heteroatoms. The number of benzene rings is 2. The molecule has 252 valence electrons. The van der Waals surface area contributed by atoms with Crippen LogP contribution < -0.4 is 14.5 Å². The van der Waals surface area contributed by atoms with Crippen LogP contribution in [0.3, 0.4) is 0 Å². The molecule has 2 aromatic rings. The topological polar surface area (TPSA) is 90.4 Å². The number of para-hydroxylation sites is 1. The van der Waals surface area contributed by atoms with Crippen molar-refractivity contribution < 1.29 is 24.2 Å². The molecule has 8 nitrogen and oxygen atoms in total. The molecule has 6 atom stereocenters. The predicted molar refractivity (Wildman–Crippen MR) is 190 cm³/mol. The predicted octanol–water partition coefficient (Wildman–Crippen LogP) is 5.94. The van der Waals surface area contributed by atoms with Crippen molar-refractivity contribution in [3.05, 3.63) is 78.9 Å². The molecule has 3 fully saturated rings. The number of amides is 3. The van der Waals surface area contributed by atoms with Crippen LogP contribution in [0.2, 0.25) is 0 Å². The van der Waals surface area contributed by atoms with Gasteiger partial charge in [-0.3, -0.25) is 14.4 Å². The van der Waals surface area contributed by atoms with Crippen LogP contribution >= 0.6 is 11.8 Å². The highest BCUT2D eigenvalue weighted by molar-refractivity contribution is 8.02. The fourth-order valence-electron chi connectivity index (χ4n) is 8.30. The Kier molecular flexibility index (Phi) is 10.00. The van der Waals surface area contributed by atoms with E-state index < -0.39 is 33.4 Å². The number of fused-ring (bicyclic) bond motifs is 1. The molecule has 5 rings (SSSR count). The second-order valence-electron chi connectivity index (χ2n) is 13.6. The zero-order valence-electron chi connectivity index (χ0n) is 28.6. The molecule has 2 unspecified atom stereocenters. The van der Waals surface area contributed by atoms with Crippen LogP contribution in [0.5, 0.6) is 5.75 Å². The second kappa shape index (κ2) is 13.5. The summed E-state index contributed by atoms with van der Waals surface area (Å²) in [5.41, 5.74) is 3.40. The monoisotopic (exact) mass is 659 g/mol. The first-order valence-corrected chi connectivity index (χ1v) is 17.5. The quantitative estimate of drug-likeness (QED) is 0.268. The van der Waals surface area contributed by atoms with Gasteiger partial charge in [-0.25, -0.2) is 0 Å². The first kappa shape index (κ1) is 34.8. The summed E-state index contributed by atoms with van der Waals surface area (Å²) >= 11 is 1.64. The fraction of sp³-hybridized carbons (Fsp3) is 0.500. The van der Waals surface area contributed by atoms with E-state index in [1.54, 1.807) is 38.6 Å². The molecule has 0 radical (unpaired) electrons. The molecular weight excluding hydrogens is 611 g/mol. The van der Waals surface area contributed by atoms with E-state index >= 15 is 4.79 Å². The molecule has 0 aromatic heterocycles. The van der Waals surface area contributed by atoms with Crippen LogP contribution in [0.1, 0.15) is 51.7 Å². The standard InChI is InChI=1S/C38H49N3O5S/c1-9-21-39(27-15-17-28(18-16-27)46-11-3)34(43)30-31-35(44)41(29(23-42)24(4)5)33(38(31)20-19-37(30,8)47-38)36(45)40(22-10-2)32-25(6)13-12-14-26(32)7/h9-10,12-18,24,29-31,33,42H,1-2,11,19-23H2,3-8H3/t29-,30-,31-,33?,37+,38?/m0/s1. The van der Waals surface area contributed by atoms with Crippen LogP contribution in [-0.2, 0) is 14.4 Å². The smallest absolute Gasteiger partial charge is 0.251 e. The molecule has 3 saturated heterocycles. The first-order chi connectivity index (χ1) is 22.4. The molecule has 1 N–H and O–H groups in total. The van der Waals surface area contributed by atoms with Crippen molar-refractivity contribution in [2.45, 2.75) is 76.0 Å². The van der Waals surface area contributed by atoms with Gasteiger partial charge >= 0.3 is 0 Å². The number of carbonyl (C=O) groups is 3. The van der Waals surface area contributed by atoms with Crippen LogP contribution in [-0.4, -0.2) is 75.6 Å². The van der Waals surface area contributed by atoms with Gasteiger partial charge in [0.2, 0.25) is 11.8 Å². The molecule has 1 spiro atoms. The number of ether oxygens (including phenoxy) is 1. The largest absolute Gasteiger partial charge is 0.494 e. The van der Waals surface area contributed by atoms with E-state index in [2.05, 4.69) is 20.1 Å². The van der Waals surface area contributed by atoms with Gasteiger partial charge in [0.15, 0.2) is 0 Å². The number of thioether (sulfide) groups is 1. The lowest BCUT2D eigenvalue weighted by Gasteiger charge is -2.41. The second-order valence-corrected chi connectivity index (χ2v) is 15.5. The molecule has 2 aromatic carbocycles. The number of aliphatic hydroxyl groups is 1. The average molecular weight is 660 g/mol. The number of anilines is 2. The minimum atomic E-state index is -0.860. The number of nitrogens with zero attached hydrogens (tertiary/aromatic N) is 3. The molecule has 0 saturated carbocycles. The van der Waals surface area contributed by atoms with E-state index in [4.69, 9.17) is 4.74 Å². The highest BCUT2D eigenvalue weighted by atomic mass is 32.2. The Morgan fingerprint density at radius 2 is 1.66 bits per heavy atom. The number of hydrogen-bond acceptors (Lipinski definition) is 6. The van der Waals surface area contributed by atoms with Crippen molar-refractivity contribution in [2.75, 3.05) is 36.1 Å². The molecule has 47 heavy (non-hydrogen) atoms. The lowest BCUT2D eigenvalue weighted by molar-refractivity contribution is -0.143. The normalized spacial score (nSPS) is 26.7. The molecular formula is C38H49N3O5S. The molecule has 3 amide bonds. The Morgan fingerprint density at radius 1 is 1.04 bits per heavy atom. The molecule has 3 heterocycles. The number of aliphatic hydroxyl groups excluding tert-OH is 1. The van der Waals surface area contributed by atoms with E-state index in [1.165, 1.54) is 0 Å². The summed E-state index contributed by atoms with van der Waals surface area (Å²) in [6.07, 6.45) is 4.72. The third kappa shape index (κ3) is 5.69. The Morgan fingerprint density at radius 3 is 2.21 bits per heavy atom. The highest BCUT2D eigenvalue weighted by Gasteiger charge is 2.78. The summed E-state index contributed by atoms with van der Waals surface area (Å²) in [6.45, 7) is 20.6. The van der Waals surface area contributed by atoms with E-state index in [9.17, 15) is 14.7 Å². The lowest BCUT2D eigenvalue weighted by Crippen LogP contribution is -2.58. The van der Waals surface area contributed by atoms with Gasteiger partial charge in [-0.05, 0) is 81.8 Å². The van der Waals surface area contributed by atoms with Crippen molar-refractivity contribution in [3.63, 3.8) is 0 Å². The van der Waals surface area contributed by atoms with Gasteiger partial charge in [0.25, 0.3) is 5.91 Å². The number of likely N-dealkylation sites (tertiary alicyclic amines) is 1. The van der Waals surface area contributed by atoms with Gasteiger partial charge in [-0.1, -0.05) is 44.2 Å². The minimum absolute atomic E-state index is 0.115. The average Bonchev–Trinajstić information content (AvgIpc) is 3.60. The molecule has 2 bridgehead atoms. The summed E-state index contributed by atoms with van der Waals surface area (Å²) in [4.78, 5) is 50.0. The SMILES string of the molecule is C=CCN(C(=O)[C@@H]1[C@H]2C(=O)N([C@@H](CO)C(C)C)C(C(=O)N(CC=C)c3c(C)cccc3C)C23CC[C@@]1(C)S3)c1ccc(OCC)cc1. The Bertz CT molecular complexity index is 1520. The van der Waals surface area contributed by atoms with Gasteiger partial charge < -0.3 is 24.5 Å². The summed E-state index contributed by atoms with van der Waals surface area (Å²) in [7, 11) is 0. The number of hydrogen-bond donors (Lipinski definition) is 1. The van der Waals surface area contributed by atoms with Gasteiger partial charge in [-0.2, -0.15) is 0 Å². The van der Waals surface area contributed by atoms with E-state index in [0.717, 1.165) is 16.8 Å². The Hall–Kier alpha value is -3.56. The molecule has 0 aliphatic carbocycles. The summed E-state index contributed by atoms with van der Waals surface area (Å²) in [5, 5.41) is 10.7. The van der Waals surface area contributed by atoms with Crippen LogP contribution in [0.15, 0.2) is 67.8 Å². The van der Waals surface area contributed by atoms with Gasteiger partial charge in [-0.15, -0.1) is 24.9 Å². The Labute approximate surface area is 283 Å². The third-order valence-corrected chi connectivity index (χ3v) is 12.3. The van der Waals surface area contributed by atoms with Crippen LogP contribution in [0.25, 0.3) is 0 Å². The van der Waals surface area contributed by atoms with E-state index in [1.807, 2.05) is 77.1 Å². The number of aryl methyl sites for hydroxylation is 2. The summed E-state index contributed by atoms with van der Waals surface area (Å²) in [6, 6.07) is 11.9. The highest BCUT2D eigenvalue weighted by Crippen LogP contribution is 2.72. The minimum Gasteiger partial charge on any atom is -0.494 e. The van der Waals surface area contributed by atoms with Gasteiger partial charge in [0.1, 0.15) is 11.8 Å². The van der Waals surface area contributed by atoms with Gasteiger partial charge in [0, 0.05) is 29.2 Å². The van der Waals surface area contributed by atoms with Crippen molar-refractivity contribution in [1.82, 2.24) is 4.90 Å². The molecule has 3 aliphatic heterocycles. The zero-order valence-corrected chi connectivity index (χ0v) is 29.4. The fourth-order valence-corrected chi connectivity index (χ4v) is 10.6. The van der Waals surface area contributed by atoms with Crippen molar-refractivity contribution >= 4 is 40.9 Å². The first-order valence-electron chi connectivity index (χ1n) is 16.7. The van der Waals surface area contributed by atoms with Crippen LogP contribution in [0.4, 0.5) is 11.4 Å². The maximum Gasteiger partial charge on any atom is 0.251 e. The zero-order chi connectivity index (χ0) is 34.3. The number of carbonyl (C=O) groups excluding carboxylic acids is 3. The Balaban J connectivity index is 1.63. The number of rotatable bonds is 13. The summed E-state index contributed by atoms with van der Waals surface area (Å²) < 4.78 is 4.24. The molecule has 3 aliphatic rings. The maximum absolute atomic E-state index is 15.2. The van der Waals surface area contributed by atoms with Crippen molar-refractivity contribution in [3.8, 4) is 5.75 Å². The third-order valence-electron chi connectivity index (χ3n) is 10.4. The lowest BCUT2D eigenvalue weighted by atomic mass is 9.66. The summed E-state index contributed by atoms with van der Waals surface area (Å²) in [5.74, 6) is -1.37. The maximum atomic E-state index is 15.2. The van der Waals surface area contributed by atoms with Crippen molar-refractivity contribution in [1.29, 1.82) is 0 Å².